The molecule has 0 bridgehead atoms. The van der Waals surface area contributed by atoms with E-state index in [2.05, 4.69) is 31.8 Å². The first-order chi connectivity index (χ1) is 10.8. The fourth-order valence-electron chi connectivity index (χ4n) is 3.84. The number of rotatable bonds is 5. The molecule has 1 aliphatic heterocycles. The number of aromatic nitrogens is 3. The summed E-state index contributed by atoms with van der Waals surface area (Å²) in [5.41, 5.74) is 1.52. The van der Waals surface area contributed by atoms with Crippen molar-refractivity contribution in [3.8, 4) is 0 Å². The Bertz CT molecular complexity index is 614. The first kappa shape index (κ1) is 14.0. The Balaban J connectivity index is 1.52. The summed E-state index contributed by atoms with van der Waals surface area (Å²) in [5.74, 6) is 1.11. The Morgan fingerprint density at radius 2 is 2.23 bits per heavy atom. The summed E-state index contributed by atoms with van der Waals surface area (Å²) in [5, 5.41) is 3.48. The topological polar surface area (TPSA) is 59.1 Å². The minimum atomic E-state index is 0.514. The highest BCUT2D eigenvalue weighted by Gasteiger charge is 2.56. The predicted molar refractivity (Wildman–Crippen MR) is 81.9 cm³/mol. The molecule has 1 saturated heterocycles. The maximum Gasteiger partial charge on any atom is 0.180 e. The van der Waals surface area contributed by atoms with Gasteiger partial charge in [0.15, 0.2) is 6.39 Å². The Hall–Kier alpha value is -1.66. The third-order valence-electron chi connectivity index (χ3n) is 5.30. The van der Waals surface area contributed by atoms with Gasteiger partial charge < -0.3 is 14.3 Å². The molecule has 118 valence electrons. The number of imidazole rings is 1. The van der Waals surface area contributed by atoms with E-state index < -0.39 is 0 Å². The average molecular weight is 301 g/mol. The molecular formula is C16H23N5O. The van der Waals surface area contributed by atoms with Gasteiger partial charge in [0.2, 0.25) is 0 Å². The summed E-state index contributed by atoms with van der Waals surface area (Å²) >= 11 is 0. The van der Waals surface area contributed by atoms with Crippen LogP contribution in [0.1, 0.15) is 30.8 Å². The van der Waals surface area contributed by atoms with Crippen LogP contribution in [-0.2, 0) is 20.1 Å². The average Bonchev–Trinajstić information content (AvgIpc) is 2.90. The smallest absolute Gasteiger partial charge is 0.180 e. The van der Waals surface area contributed by atoms with Crippen LogP contribution < -0.4 is 5.32 Å². The number of hydrogen-bond acceptors (Lipinski definition) is 5. The zero-order chi connectivity index (χ0) is 15.0. The van der Waals surface area contributed by atoms with Crippen LogP contribution in [0.2, 0.25) is 0 Å². The summed E-state index contributed by atoms with van der Waals surface area (Å²) in [6, 6.07) is 0.642. The molecule has 6 heteroatoms. The first-order valence-corrected chi connectivity index (χ1v) is 8.05. The normalized spacial score (nSPS) is 23.3. The second kappa shape index (κ2) is 5.52. The molecule has 1 unspecified atom stereocenters. The molecule has 2 aromatic rings. The summed E-state index contributed by atoms with van der Waals surface area (Å²) in [6.07, 6.45) is 11.0. The Labute approximate surface area is 130 Å². The van der Waals surface area contributed by atoms with Gasteiger partial charge in [-0.05, 0) is 37.8 Å². The number of nitrogens with one attached hydrogen (secondary N) is 1. The maximum atomic E-state index is 5.14. The van der Waals surface area contributed by atoms with Crippen LogP contribution in [0.5, 0.6) is 0 Å². The van der Waals surface area contributed by atoms with E-state index in [1.807, 2.05) is 12.4 Å². The van der Waals surface area contributed by atoms with Crippen LogP contribution in [0.15, 0.2) is 29.5 Å². The van der Waals surface area contributed by atoms with Gasteiger partial charge in [-0.3, -0.25) is 4.90 Å². The van der Waals surface area contributed by atoms with Crippen molar-refractivity contribution in [2.75, 3.05) is 13.1 Å². The van der Waals surface area contributed by atoms with E-state index in [0.29, 0.717) is 11.5 Å². The largest absolute Gasteiger partial charge is 0.451 e. The summed E-state index contributed by atoms with van der Waals surface area (Å²) in [7, 11) is 2.06. The third-order valence-corrected chi connectivity index (χ3v) is 5.30. The minimum absolute atomic E-state index is 0.514. The maximum absolute atomic E-state index is 5.14. The molecule has 1 atom stereocenters. The molecule has 4 rings (SSSR count). The van der Waals surface area contributed by atoms with Gasteiger partial charge in [-0.1, -0.05) is 0 Å². The van der Waals surface area contributed by atoms with Gasteiger partial charge in [0.1, 0.15) is 12.1 Å². The number of hydrogen-bond donors (Lipinski definition) is 1. The molecule has 2 fully saturated rings. The molecule has 1 N–H and O–H groups in total. The number of nitrogens with zero attached hydrogens (tertiary/aromatic N) is 4. The van der Waals surface area contributed by atoms with E-state index in [9.17, 15) is 0 Å². The Morgan fingerprint density at radius 1 is 1.36 bits per heavy atom. The SMILES string of the molecule is Cn1ccnc1CN(Cc1cocn1)C1CC12CCNCC2. The first-order valence-electron chi connectivity index (χ1n) is 8.05. The Kier molecular flexibility index (Phi) is 3.50. The molecule has 22 heavy (non-hydrogen) atoms. The third kappa shape index (κ3) is 2.57. The predicted octanol–water partition coefficient (Wildman–Crippen LogP) is 1.55. The highest BCUT2D eigenvalue weighted by molar-refractivity contribution is 5.12. The summed E-state index contributed by atoms with van der Waals surface area (Å²) < 4.78 is 7.25. The van der Waals surface area contributed by atoms with Crippen molar-refractivity contribution in [3.63, 3.8) is 0 Å². The minimum Gasteiger partial charge on any atom is -0.451 e. The lowest BCUT2D eigenvalue weighted by Gasteiger charge is -2.29. The standard InChI is InChI=1S/C16H23N5O/c1-20-7-6-18-15(20)10-21(9-13-11-22-12-19-13)14-8-16(14)2-4-17-5-3-16/h6-7,11-12,14,17H,2-5,8-10H2,1H3. The van der Waals surface area contributed by atoms with Crippen molar-refractivity contribution in [3.05, 3.63) is 36.6 Å². The number of oxazole rings is 1. The van der Waals surface area contributed by atoms with Crippen molar-refractivity contribution in [2.24, 2.45) is 12.5 Å². The van der Waals surface area contributed by atoms with Crippen LogP contribution in [0.25, 0.3) is 0 Å². The van der Waals surface area contributed by atoms with Crippen LogP contribution in [0, 0.1) is 5.41 Å². The quantitative estimate of drug-likeness (QED) is 0.908. The van der Waals surface area contributed by atoms with Crippen molar-refractivity contribution in [1.29, 1.82) is 0 Å². The molecule has 0 radical (unpaired) electrons. The second-order valence-electron chi connectivity index (χ2n) is 6.67. The zero-order valence-corrected chi connectivity index (χ0v) is 13.0. The zero-order valence-electron chi connectivity index (χ0n) is 13.0. The van der Waals surface area contributed by atoms with Crippen LogP contribution in [0.4, 0.5) is 0 Å². The highest BCUT2D eigenvalue weighted by Crippen LogP contribution is 2.56. The number of aryl methyl sites for hydroxylation is 1. The Morgan fingerprint density at radius 3 is 2.91 bits per heavy atom. The van der Waals surface area contributed by atoms with E-state index in [-0.39, 0.29) is 0 Å². The van der Waals surface area contributed by atoms with E-state index >= 15 is 0 Å². The van der Waals surface area contributed by atoms with Crippen molar-refractivity contribution >= 4 is 0 Å². The molecule has 2 aliphatic rings. The lowest BCUT2D eigenvalue weighted by Crippen LogP contribution is -2.36. The van der Waals surface area contributed by atoms with Gasteiger partial charge in [0.25, 0.3) is 0 Å². The highest BCUT2D eigenvalue weighted by atomic mass is 16.3. The van der Waals surface area contributed by atoms with Crippen molar-refractivity contribution in [2.45, 2.75) is 38.4 Å². The van der Waals surface area contributed by atoms with Crippen LogP contribution >= 0.6 is 0 Å². The molecule has 6 nitrogen and oxygen atoms in total. The van der Waals surface area contributed by atoms with E-state index in [4.69, 9.17) is 4.42 Å². The molecule has 0 aromatic carbocycles. The van der Waals surface area contributed by atoms with Gasteiger partial charge in [0, 0.05) is 32.0 Å². The molecule has 1 spiro atoms. The molecule has 0 amide bonds. The van der Waals surface area contributed by atoms with Gasteiger partial charge >= 0.3 is 0 Å². The van der Waals surface area contributed by atoms with Crippen LogP contribution in [0.3, 0.4) is 0 Å². The van der Waals surface area contributed by atoms with E-state index in [1.165, 1.54) is 25.7 Å². The van der Waals surface area contributed by atoms with E-state index in [1.54, 1.807) is 6.26 Å². The summed E-state index contributed by atoms with van der Waals surface area (Å²) in [4.78, 5) is 11.3. The van der Waals surface area contributed by atoms with Gasteiger partial charge in [-0.15, -0.1) is 0 Å². The molecule has 1 saturated carbocycles. The van der Waals surface area contributed by atoms with Gasteiger partial charge in [-0.2, -0.15) is 0 Å². The molecule has 3 heterocycles. The van der Waals surface area contributed by atoms with Gasteiger partial charge in [-0.25, -0.2) is 9.97 Å². The van der Waals surface area contributed by atoms with Crippen molar-refractivity contribution in [1.82, 2.24) is 24.8 Å². The van der Waals surface area contributed by atoms with Crippen LogP contribution in [-0.4, -0.2) is 38.6 Å². The monoisotopic (exact) mass is 301 g/mol. The van der Waals surface area contributed by atoms with E-state index in [0.717, 1.165) is 37.7 Å². The molecule has 2 aromatic heterocycles. The van der Waals surface area contributed by atoms with Crippen molar-refractivity contribution < 1.29 is 4.42 Å². The molecule has 1 aliphatic carbocycles. The summed E-state index contributed by atoms with van der Waals surface area (Å²) in [6.45, 7) is 4.01. The fourth-order valence-corrected chi connectivity index (χ4v) is 3.84. The lowest BCUT2D eigenvalue weighted by molar-refractivity contribution is 0.181. The lowest BCUT2D eigenvalue weighted by atomic mass is 9.93. The fraction of sp³-hybridized carbons (Fsp3) is 0.625. The van der Waals surface area contributed by atoms with Gasteiger partial charge in [0.05, 0.1) is 12.2 Å². The molecular weight excluding hydrogens is 278 g/mol. The number of piperidine rings is 1. The second-order valence-corrected chi connectivity index (χ2v) is 6.67.